The maximum atomic E-state index is 11.1. The molecule has 1 saturated heterocycles. The number of carboxylic acids is 1. The van der Waals surface area contributed by atoms with E-state index in [1.807, 2.05) is 18.2 Å². The SMILES string of the molecule is C=CCC1N(Cc2cccc(C(=O)O)c2)CCCC1(C)C. The summed E-state index contributed by atoms with van der Waals surface area (Å²) in [6, 6.07) is 7.74. The molecule has 1 heterocycles. The Hall–Kier alpha value is -1.61. The van der Waals surface area contributed by atoms with E-state index in [0.29, 0.717) is 11.6 Å². The first-order valence-electron chi connectivity index (χ1n) is 7.61. The van der Waals surface area contributed by atoms with Gasteiger partial charge >= 0.3 is 5.97 Å². The predicted octanol–water partition coefficient (Wildman–Crippen LogP) is 3.95. The zero-order valence-corrected chi connectivity index (χ0v) is 13.0. The number of benzene rings is 1. The summed E-state index contributed by atoms with van der Waals surface area (Å²) in [5.74, 6) is -0.863. The van der Waals surface area contributed by atoms with Gasteiger partial charge in [0.25, 0.3) is 0 Å². The molecule has 1 N–H and O–H groups in total. The van der Waals surface area contributed by atoms with Crippen molar-refractivity contribution in [3.05, 3.63) is 48.0 Å². The van der Waals surface area contributed by atoms with Gasteiger partial charge in [-0.3, -0.25) is 4.90 Å². The topological polar surface area (TPSA) is 40.5 Å². The minimum Gasteiger partial charge on any atom is -0.478 e. The quantitative estimate of drug-likeness (QED) is 0.834. The minimum atomic E-state index is -0.863. The molecular formula is C18H25NO2. The van der Waals surface area contributed by atoms with Crippen molar-refractivity contribution >= 4 is 5.97 Å². The Kier molecular flexibility index (Phi) is 4.84. The Labute approximate surface area is 127 Å². The Morgan fingerprint density at radius 3 is 2.95 bits per heavy atom. The van der Waals surface area contributed by atoms with Crippen LogP contribution in [0.1, 0.15) is 49.0 Å². The van der Waals surface area contributed by atoms with E-state index in [4.69, 9.17) is 5.11 Å². The molecule has 1 fully saturated rings. The van der Waals surface area contributed by atoms with E-state index in [1.54, 1.807) is 12.1 Å². The monoisotopic (exact) mass is 287 g/mol. The standard InChI is InChI=1S/C18H25NO2/c1-4-7-16-18(2,3)10-6-11-19(16)13-14-8-5-9-15(12-14)17(20)21/h4-5,8-9,12,16H,1,6-7,10-11,13H2,2-3H3,(H,20,21). The van der Waals surface area contributed by atoms with Crippen LogP contribution in [0.3, 0.4) is 0 Å². The average molecular weight is 287 g/mol. The van der Waals surface area contributed by atoms with Crippen molar-refractivity contribution in [3.63, 3.8) is 0 Å². The highest BCUT2D eigenvalue weighted by atomic mass is 16.4. The van der Waals surface area contributed by atoms with Gasteiger partial charge in [-0.15, -0.1) is 6.58 Å². The Bertz CT molecular complexity index is 522. The summed E-state index contributed by atoms with van der Waals surface area (Å²) in [6.45, 7) is 10.4. The second kappa shape index (κ2) is 6.44. The van der Waals surface area contributed by atoms with Crippen LogP contribution in [0, 0.1) is 5.41 Å². The third-order valence-corrected chi connectivity index (χ3v) is 4.56. The lowest BCUT2D eigenvalue weighted by Gasteiger charge is -2.46. The lowest BCUT2D eigenvalue weighted by atomic mass is 9.75. The van der Waals surface area contributed by atoms with Crippen LogP contribution in [0.4, 0.5) is 0 Å². The van der Waals surface area contributed by atoms with Crippen LogP contribution < -0.4 is 0 Å². The highest BCUT2D eigenvalue weighted by Crippen LogP contribution is 2.37. The zero-order valence-electron chi connectivity index (χ0n) is 13.0. The highest BCUT2D eigenvalue weighted by Gasteiger charge is 2.36. The van der Waals surface area contributed by atoms with Crippen molar-refractivity contribution in [2.24, 2.45) is 5.41 Å². The molecule has 1 aromatic carbocycles. The third-order valence-electron chi connectivity index (χ3n) is 4.56. The molecule has 0 saturated carbocycles. The number of likely N-dealkylation sites (tertiary alicyclic amines) is 1. The highest BCUT2D eigenvalue weighted by molar-refractivity contribution is 5.87. The van der Waals surface area contributed by atoms with Gasteiger partial charge in [0.1, 0.15) is 0 Å². The lowest BCUT2D eigenvalue weighted by Crippen LogP contribution is -2.49. The predicted molar refractivity (Wildman–Crippen MR) is 85.4 cm³/mol. The van der Waals surface area contributed by atoms with Crippen LogP contribution >= 0.6 is 0 Å². The van der Waals surface area contributed by atoms with Crippen molar-refractivity contribution in [2.45, 2.75) is 45.7 Å². The Balaban J connectivity index is 2.18. The first kappa shape index (κ1) is 15.8. The van der Waals surface area contributed by atoms with E-state index < -0.39 is 5.97 Å². The number of aromatic carboxylic acids is 1. The Morgan fingerprint density at radius 2 is 2.29 bits per heavy atom. The molecule has 1 aliphatic rings. The molecule has 1 aromatic rings. The van der Waals surface area contributed by atoms with Crippen molar-refractivity contribution in [1.82, 2.24) is 4.90 Å². The van der Waals surface area contributed by atoms with Gasteiger partial charge in [-0.1, -0.05) is 32.1 Å². The van der Waals surface area contributed by atoms with Gasteiger partial charge in [-0.25, -0.2) is 4.79 Å². The van der Waals surface area contributed by atoms with Gasteiger partial charge < -0.3 is 5.11 Å². The smallest absolute Gasteiger partial charge is 0.335 e. The molecule has 114 valence electrons. The molecule has 0 bridgehead atoms. The van der Waals surface area contributed by atoms with Crippen molar-refractivity contribution in [3.8, 4) is 0 Å². The summed E-state index contributed by atoms with van der Waals surface area (Å²) in [5, 5.41) is 9.11. The number of hydrogen-bond donors (Lipinski definition) is 1. The molecule has 0 spiro atoms. The molecule has 1 unspecified atom stereocenters. The first-order valence-corrected chi connectivity index (χ1v) is 7.61. The molecule has 0 amide bonds. The number of hydrogen-bond acceptors (Lipinski definition) is 2. The van der Waals surface area contributed by atoms with Gasteiger partial charge in [0.15, 0.2) is 0 Å². The second-order valence-corrected chi connectivity index (χ2v) is 6.61. The van der Waals surface area contributed by atoms with Crippen molar-refractivity contribution in [1.29, 1.82) is 0 Å². The van der Waals surface area contributed by atoms with Crippen LogP contribution in [-0.2, 0) is 6.54 Å². The molecular weight excluding hydrogens is 262 g/mol. The second-order valence-electron chi connectivity index (χ2n) is 6.61. The molecule has 3 heteroatoms. The molecule has 1 atom stereocenters. The summed E-state index contributed by atoms with van der Waals surface area (Å²) < 4.78 is 0. The van der Waals surface area contributed by atoms with E-state index in [-0.39, 0.29) is 5.41 Å². The molecule has 21 heavy (non-hydrogen) atoms. The van der Waals surface area contributed by atoms with E-state index >= 15 is 0 Å². The fourth-order valence-corrected chi connectivity index (χ4v) is 3.41. The maximum Gasteiger partial charge on any atom is 0.335 e. The molecule has 0 aliphatic carbocycles. The largest absolute Gasteiger partial charge is 0.478 e. The molecule has 2 rings (SSSR count). The number of rotatable bonds is 5. The van der Waals surface area contributed by atoms with Gasteiger partial charge in [-0.2, -0.15) is 0 Å². The van der Waals surface area contributed by atoms with Gasteiger partial charge in [0, 0.05) is 12.6 Å². The number of carbonyl (C=O) groups is 1. The molecule has 3 nitrogen and oxygen atoms in total. The van der Waals surface area contributed by atoms with Crippen LogP contribution in [-0.4, -0.2) is 28.6 Å². The molecule has 0 aromatic heterocycles. The lowest BCUT2D eigenvalue weighted by molar-refractivity contribution is 0.0333. The first-order chi connectivity index (χ1) is 9.94. The van der Waals surface area contributed by atoms with Crippen LogP contribution in [0.2, 0.25) is 0 Å². The van der Waals surface area contributed by atoms with E-state index in [1.165, 1.54) is 12.8 Å². The molecule has 1 aliphatic heterocycles. The summed E-state index contributed by atoms with van der Waals surface area (Å²) in [7, 11) is 0. The van der Waals surface area contributed by atoms with Gasteiger partial charge in [0.2, 0.25) is 0 Å². The normalized spacial score (nSPS) is 21.9. The summed E-state index contributed by atoms with van der Waals surface area (Å²) in [5.41, 5.74) is 1.71. The van der Waals surface area contributed by atoms with Crippen molar-refractivity contribution < 1.29 is 9.90 Å². The van der Waals surface area contributed by atoms with Crippen LogP contribution in [0.25, 0.3) is 0 Å². The fourth-order valence-electron chi connectivity index (χ4n) is 3.41. The summed E-state index contributed by atoms with van der Waals surface area (Å²) in [4.78, 5) is 13.6. The third kappa shape index (κ3) is 3.73. The fraction of sp³-hybridized carbons (Fsp3) is 0.500. The van der Waals surface area contributed by atoms with Crippen LogP contribution in [0.5, 0.6) is 0 Å². The minimum absolute atomic E-state index is 0.275. The number of nitrogens with zero attached hydrogens (tertiary/aromatic N) is 1. The summed E-state index contributed by atoms with van der Waals surface area (Å²) in [6.07, 6.45) is 5.40. The van der Waals surface area contributed by atoms with E-state index in [0.717, 1.165) is 25.1 Å². The molecule has 0 radical (unpaired) electrons. The number of carboxylic acid groups (broad SMARTS) is 1. The number of piperidine rings is 1. The maximum absolute atomic E-state index is 11.1. The van der Waals surface area contributed by atoms with Crippen LogP contribution in [0.15, 0.2) is 36.9 Å². The van der Waals surface area contributed by atoms with Gasteiger partial charge in [0.05, 0.1) is 5.56 Å². The van der Waals surface area contributed by atoms with E-state index in [9.17, 15) is 4.79 Å². The summed E-state index contributed by atoms with van der Waals surface area (Å²) >= 11 is 0. The Morgan fingerprint density at radius 1 is 1.52 bits per heavy atom. The average Bonchev–Trinajstić information content (AvgIpc) is 2.43. The van der Waals surface area contributed by atoms with Gasteiger partial charge in [-0.05, 0) is 48.9 Å². The van der Waals surface area contributed by atoms with E-state index in [2.05, 4.69) is 25.3 Å². The zero-order chi connectivity index (χ0) is 15.5. The van der Waals surface area contributed by atoms with Crippen molar-refractivity contribution in [2.75, 3.05) is 6.54 Å².